The summed E-state index contributed by atoms with van der Waals surface area (Å²) >= 11 is 0. The molecule has 0 aliphatic carbocycles. The van der Waals surface area contributed by atoms with Gasteiger partial charge in [0.2, 0.25) is 0 Å². The number of carbonyl (C=O) groups excluding carboxylic acids is 2. The van der Waals surface area contributed by atoms with Crippen LogP contribution < -0.4 is 24.8 Å². The van der Waals surface area contributed by atoms with Gasteiger partial charge in [-0.15, -0.1) is 0 Å². The molecule has 0 fully saturated rings. The van der Waals surface area contributed by atoms with Crippen LogP contribution in [-0.4, -0.2) is 30.6 Å². The van der Waals surface area contributed by atoms with Gasteiger partial charge in [0.15, 0.2) is 5.60 Å². The van der Waals surface area contributed by atoms with E-state index in [1.54, 1.807) is 50.2 Å². The molecule has 0 aliphatic rings. The molecule has 0 radical (unpaired) electrons. The van der Waals surface area contributed by atoms with Gasteiger partial charge in [0.25, 0.3) is 11.8 Å². The first kappa shape index (κ1) is 25.6. The number of hydrogen-bond donors (Lipinski definition) is 2. The van der Waals surface area contributed by atoms with E-state index >= 15 is 0 Å². The molecule has 35 heavy (non-hydrogen) atoms. The molecule has 184 valence electrons. The van der Waals surface area contributed by atoms with Crippen LogP contribution in [0.15, 0.2) is 66.7 Å². The monoisotopic (exact) mass is 480 g/mol. The molecule has 0 saturated carbocycles. The molecule has 3 rings (SSSR count). The van der Waals surface area contributed by atoms with Gasteiger partial charge < -0.3 is 24.8 Å². The third-order valence-electron chi connectivity index (χ3n) is 4.95. The normalized spacial score (nSPS) is 10.9. The van der Waals surface area contributed by atoms with Gasteiger partial charge in [-0.2, -0.15) is 0 Å². The van der Waals surface area contributed by atoms with E-state index in [-0.39, 0.29) is 5.91 Å². The van der Waals surface area contributed by atoms with Crippen molar-refractivity contribution < 1.29 is 28.2 Å². The number of carbonyl (C=O) groups is 2. The fraction of sp³-hybridized carbons (Fsp3) is 0.259. The summed E-state index contributed by atoms with van der Waals surface area (Å²) in [5.41, 5.74) is -0.0319. The number of hydrogen-bond acceptors (Lipinski definition) is 5. The number of anilines is 2. The van der Waals surface area contributed by atoms with E-state index in [9.17, 15) is 14.0 Å². The van der Waals surface area contributed by atoms with Crippen molar-refractivity contribution in [2.45, 2.75) is 33.3 Å². The van der Waals surface area contributed by atoms with E-state index < -0.39 is 17.3 Å². The highest BCUT2D eigenvalue weighted by molar-refractivity contribution is 6.06. The predicted octanol–water partition coefficient (Wildman–Crippen LogP) is 5.67. The molecule has 3 aromatic carbocycles. The maximum absolute atomic E-state index is 13.2. The van der Waals surface area contributed by atoms with Gasteiger partial charge in [-0.05, 0) is 64.1 Å². The van der Waals surface area contributed by atoms with Gasteiger partial charge in [-0.1, -0.05) is 18.2 Å². The SMILES string of the molecule is CCOc1cc(NC(=O)C(C)(C)Oc2ccc(F)cc2)c(OCC)cc1NC(=O)c1ccccc1. The lowest BCUT2D eigenvalue weighted by Gasteiger charge is -2.26. The van der Waals surface area contributed by atoms with Crippen molar-refractivity contribution in [1.82, 2.24) is 0 Å². The van der Waals surface area contributed by atoms with Crippen LogP contribution in [0, 0.1) is 5.82 Å². The Bertz CT molecular complexity index is 1160. The number of rotatable bonds is 10. The van der Waals surface area contributed by atoms with E-state index in [1.807, 2.05) is 19.9 Å². The zero-order valence-corrected chi connectivity index (χ0v) is 20.2. The highest BCUT2D eigenvalue weighted by atomic mass is 19.1. The van der Waals surface area contributed by atoms with Crippen LogP contribution in [0.25, 0.3) is 0 Å². The zero-order valence-electron chi connectivity index (χ0n) is 20.2. The van der Waals surface area contributed by atoms with E-state index in [4.69, 9.17) is 14.2 Å². The average Bonchev–Trinajstić information content (AvgIpc) is 2.83. The third kappa shape index (κ3) is 6.72. The summed E-state index contributed by atoms with van der Waals surface area (Å²) in [5, 5.41) is 5.67. The Kier molecular flexibility index (Phi) is 8.30. The van der Waals surface area contributed by atoms with E-state index in [0.717, 1.165) is 0 Å². The minimum Gasteiger partial charge on any atom is -0.492 e. The van der Waals surface area contributed by atoms with Gasteiger partial charge in [-0.3, -0.25) is 9.59 Å². The van der Waals surface area contributed by atoms with Crippen molar-refractivity contribution in [2.24, 2.45) is 0 Å². The number of ether oxygens (including phenoxy) is 3. The highest BCUT2D eigenvalue weighted by Gasteiger charge is 2.31. The Labute approximate surface area is 204 Å². The maximum Gasteiger partial charge on any atom is 0.268 e. The summed E-state index contributed by atoms with van der Waals surface area (Å²) in [6.45, 7) is 7.50. The molecule has 2 N–H and O–H groups in total. The fourth-order valence-electron chi connectivity index (χ4n) is 3.21. The minimum atomic E-state index is -1.28. The second kappa shape index (κ2) is 11.4. The first-order valence-corrected chi connectivity index (χ1v) is 11.3. The lowest BCUT2D eigenvalue weighted by atomic mass is 10.1. The molecule has 7 nitrogen and oxygen atoms in total. The van der Waals surface area contributed by atoms with Gasteiger partial charge >= 0.3 is 0 Å². The molecule has 0 aromatic heterocycles. The number of benzene rings is 3. The Morgan fingerprint density at radius 1 is 0.829 bits per heavy atom. The molecule has 2 amide bonds. The summed E-state index contributed by atoms with van der Waals surface area (Å²) in [6, 6.07) is 17.4. The molecular formula is C27H29FN2O5. The number of halogens is 1. The maximum atomic E-state index is 13.2. The molecule has 3 aromatic rings. The van der Waals surface area contributed by atoms with Crippen molar-refractivity contribution in [3.63, 3.8) is 0 Å². The van der Waals surface area contributed by atoms with Gasteiger partial charge in [-0.25, -0.2) is 4.39 Å². The Morgan fingerprint density at radius 2 is 1.37 bits per heavy atom. The highest BCUT2D eigenvalue weighted by Crippen LogP contribution is 2.37. The summed E-state index contributed by atoms with van der Waals surface area (Å²) in [7, 11) is 0. The van der Waals surface area contributed by atoms with Crippen LogP contribution >= 0.6 is 0 Å². The summed E-state index contributed by atoms with van der Waals surface area (Å²) in [4.78, 5) is 25.8. The quantitative estimate of drug-likeness (QED) is 0.390. The smallest absolute Gasteiger partial charge is 0.268 e. The summed E-state index contributed by atoms with van der Waals surface area (Å²) in [5.74, 6) is -0.0848. The Hall–Kier alpha value is -4.07. The van der Waals surface area contributed by atoms with Crippen LogP contribution in [0.1, 0.15) is 38.1 Å². The average molecular weight is 481 g/mol. The van der Waals surface area contributed by atoms with E-state index in [2.05, 4.69) is 10.6 Å². The molecule has 0 spiro atoms. The van der Waals surface area contributed by atoms with Crippen molar-refractivity contribution in [1.29, 1.82) is 0 Å². The predicted molar refractivity (Wildman–Crippen MR) is 133 cm³/mol. The van der Waals surface area contributed by atoms with Gasteiger partial charge in [0, 0.05) is 17.7 Å². The molecule has 0 bridgehead atoms. The molecule has 0 aliphatic heterocycles. The van der Waals surface area contributed by atoms with Crippen LogP contribution in [0.5, 0.6) is 17.2 Å². The fourth-order valence-corrected chi connectivity index (χ4v) is 3.21. The van der Waals surface area contributed by atoms with Crippen LogP contribution in [-0.2, 0) is 4.79 Å². The van der Waals surface area contributed by atoms with Crippen molar-refractivity contribution in [2.75, 3.05) is 23.8 Å². The van der Waals surface area contributed by atoms with Gasteiger partial charge in [0.05, 0.1) is 24.6 Å². The van der Waals surface area contributed by atoms with Crippen molar-refractivity contribution in [3.8, 4) is 17.2 Å². The number of amides is 2. The molecule has 8 heteroatoms. The molecule has 0 heterocycles. The first-order valence-electron chi connectivity index (χ1n) is 11.3. The minimum absolute atomic E-state index is 0.306. The molecule has 0 atom stereocenters. The summed E-state index contributed by atoms with van der Waals surface area (Å²) in [6.07, 6.45) is 0. The van der Waals surface area contributed by atoms with Crippen molar-refractivity contribution >= 4 is 23.2 Å². The Morgan fingerprint density at radius 3 is 1.91 bits per heavy atom. The lowest BCUT2D eigenvalue weighted by Crippen LogP contribution is -2.42. The van der Waals surface area contributed by atoms with Gasteiger partial charge in [0.1, 0.15) is 23.1 Å². The zero-order chi connectivity index (χ0) is 25.4. The van der Waals surface area contributed by atoms with E-state index in [0.29, 0.717) is 47.4 Å². The standard InChI is InChI=1S/C27H29FN2O5/c1-5-33-23-17-22(30-26(32)27(3,4)35-20-14-12-19(28)13-15-20)24(34-6-2)16-21(23)29-25(31)18-10-8-7-9-11-18/h7-17H,5-6H2,1-4H3,(H,29,31)(H,30,32). The third-order valence-corrected chi connectivity index (χ3v) is 4.95. The van der Waals surface area contributed by atoms with E-state index in [1.165, 1.54) is 24.3 Å². The van der Waals surface area contributed by atoms with Crippen LogP contribution in [0.4, 0.5) is 15.8 Å². The summed E-state index contributed by atoms with van der Waals surface area (Å²) < 4.78 is 30.5. The Balaban J connectivity index is 1.87. The second-order valence-electron chi connectivity index (χ2n) is 8.05. The molecule has 0 unspecified atom stereocenters. The topological polar surface area (TPSA) is 85.9 Å². The van der Waals surface area contributed by atoms with Crippen LogP contribution in [0.3, 0.4) is 0 Å². The first-order chi connectivity index (χ1) is 16.7. The largest absolute Gasteiger partial charge is 0.492 e. The second-order valence-corrected chi connectivity index (χ2v) is 8.05. The van der Waals surface area contributed by atoms with Crippen LogP contribution in [0.2, 0.25) is 0 Å². The molecular weight excluding hydrogens is 451 g/mol. The molecule has 0 saturated heterocycles. The number of nitrogens with one attached hydrogen (secondary N) is 2. The lowest BCUT2D eigenvalue weighted by molar-refractivity contribution is -0.128. The van der Waals surface area contributed by atoms with Crippen molar-refractivity contribution in [3.05, 3.63) is 78.1 Å².